The second-order valence-corrected chi connectivity index (χ2v) is 4.38. The Labute approximate surface area is 141 Å². The molecular formula is C19H15FFeO. The number of allylic oxidation sites excluding steroid dienone is 9. The molecule has 3 heteroatoms. The van der Waals surface area contributed by atoms with E-state index < -0.39 is 0 Å². The van der Waals surface area contributed by atoms with Gasteiger partial charge in [0.2, 0.25) is 0 Å². The molecule has 0 aromatic heterocycles. The summed E-state index contributed by atoms with van der Waals surface area (Å²) in [7, 11) is 0. The van der Waals surface area contributed by atoms with Gasteiger partial charge < -0.3 is 5.11 Å². The maximum absolute atomic E-state index is 12.6. The first kappa shape index (κ1) is 18.1. The maximum atomic E-state index is 12.6. The van der Waals surface area contributed by atoms with E-state index in [1.807, 2.05) is 55.7 Å². The van der Waals surface area contributed by atoms with Crippen LogP contribution in [-0.2, 0) is 17.1 Å². The smallest absolute Gasteiger partial charge is 0.872 e. The van der Waals surface area contributed by atoms with Gasteiger partial charge in [0.15, 0.2) is 0 Å². The molecule has 0 bridgehead atoms. The van der Waals surface area contributed by atoms with Crippen molar-refractivity contribution < 1.29 is 26.6 Å². The first-order valence-electron chi connectivity index (χ1n) is 6.62. The second-order valence-electron chi connectivity index (χ2n) is 4.38. The molecule has 0 fully saturated rings. The third-order valence-electron chi connectivity index (χ3n) is 2.80. The van der Waals surface area contributed by atoms with Crippen LogP contribution >= 0.6 is 0 Å². The maximum Gasteiger partial charge on any atom is 2.00 e. The minimum absolute atomic E-state index is 0. The number of benzene rings is 1. The Kier molecular flexibility index (Phi) is 8.13. The summed E-state index contributed by atoms with van der Waals surface area (Å²) in [6.07, 6.45) is 20.9. The van der Waals surface area contributed by atoms with Crippen molar-refractivity contribution in [1.82, 2.24) is 0 Å². The fourth-order valence-corrected chi connectivity index (χ4v) is 1.70. The number of halogens is 1. The van der Waals surface area contributed by atoms with Gasteiger partial charge >= 0.3 is 17.1 Å². The van der Waals surface area contributed by atoms with Crippen LogP contribution in [0.25, 0.3) is 5.76 Å². The third-order valence-corrected chi connectivity index (χ3v) is 2.80. The van der Waals surface area contributed by atoms with Crippen LogP contribution in [0.2, 0.25) is 0 Å². The first-order valence-corrected chi connectivity index (χ1v) is 6.62. The topological polar surface area (TPSA) is 23.1 Å². The van der Waals surface area contributed by atoms with E-state index in [-0.39, 0.29) is 28.6 Å². The molecule has 0 aliphatic heterocycles. The van der Waals surface area contributed by atoms with Gasteiger partial charge in [-0.2, -0.15) is 0 Å². The average molecular weight is 334 g/mol. The van der Waals surface area contributed by atoms with Crippen LogP contribution in [0.1, 0.15) is 5.56 Å². The van der Waals surface area contributed by atoms with Gasteiger partial charge in [-0.15, -0.1) is 18.6 Å². The summed E-state index contributed by atoms with van der Waals surface area (Å²) < 4.78 is 12.6. The molecule has 0 saturated carbocycles. The molecule has 3 rings (SSSR count). The molecule has 0 amide bonds. The Bertz CT molecular complexity index is 587. The Morgan fingerprint density at radius 2 is 1.73 bits per heavy atom. The number of hydrogen-bond acceptors (Lipinski definition) is 1. The summed E-state index contributed by atoms with van der Waals surface area (Å²) in [5.74, 6) is -0.460. The van der Waals surface area contributed by atoms with Crippen molar-refractivity contribution in [2.45, 2.75) is 0 Å². The summed E-state index contributed by atoms with van der Waals surface area (Å²) in [5.41, 5.74) is 1.47. The predicted octanol–water partition coefficient (Wildman–Crippen LogP) is 3.75. The van der Waals surface area contributed by atoms with Crippen LogP contribution in [0, 0.1) is 25.1 Å². The molecule has 2 aliphatic rings. The van der Waals surface area contributed by atoms with Crippen molar-refractivity contribution in [3.63, 3.8) is 0 Å². The van der Waals surface area contributed by atoms with Gasteiger partial charge in [0.25, 0.3) is 0 Å². The number of hydrogen-bond donors (Lipinski definition) is 0. The van der Waals surface area contributed by atoms with Gasteiger partial charge in [-0.1, -0.05) is 48.6 Å². The van der Waals surface area contributed by atoms with Gasteiger partial charge in [-0.3, -0.25) is 0 Å². The molecule has 0 saturated heterocycles. The standard InChI is InChI=1S/C14H11FO.C5H5.Fe/c15-13-8-6-12(7-9-13)14(16)10-5-11-3-1-2-4-11;1-2-4-5-3-1;/h1-10,16H;1-5H;/q;-1;+2/p-1/b14-10-;;. The summed E-state index contributed by atoms with van der Waals surface area (Å²) in [5, 5.41) is 11.6. The van der Waals surface area contributed by atoms with E-state index in [9.17, 15) is 9.50 Å². The van der Waals surface area contributed by atoms with Crippen molar-refractivity contribution >= 4 is 5.76 Å². The van der Waals surface area contributed by atoms with E-state index in [0.29, 0.717) is 5.56 Å². The van der Waals surface area contributed by atoms with E-state index in [1.165, 1.54) is 30.3 Å². The molecule has 1 aromatic rings. The summed E-state index contributed by atoms with van der Waals surface area (Å²) >= 11 is 0. The third kappa shape index (κ3) is 6.21. The monoisotopic (exact) mass is 334 g/mol. The van der Waals surface area contributed by atoms with Crippen LogP contribution in [0.15, 0.2) is 78.4 Å². The van der Waals surface area contributed by atoms with E-state index >= 15 is 0 Å². The zero-order chi connectivity index (χ0) is 14.9. The van der Waals surface area contributed by atoms with E-state index in [4.69, 9.17) is 0 Å². The molecule has 0 heterocycles. The average Bonchev–Trinajstić information content (AvgIpc) is 3.21. The fourth-order valence-electron chi connectivity index (χ4n) is 1.70. The zero-order valence-corrected chi connectivity index (χ0v) is 12.9. The molecule has 1 aromatic carbocycles. The van der Waals surface area contributed by atoms with Gasteiger partial charge in [0, 0.05) is 0 Å². The predicted molar refractivity (Wildman–Crippen MR) is 82.8 cm³/mol. The molecule has 0 unspecified atom stereocenters. The Morgan fingerprint density at radius 3 is 2.23 bits per heavy atom. The van der Waals surface area contributed by atoms with Crippen molar-refractivity contribution in [3.05, 3.63) is 109 Å². The van der Waals surface area contributed by atoms with E-state index in [0.717, 1.165) is 5.57 Å². The Hall–Kier alpha value is -1.96. The van der Waals surface area contributed by atoms with Gasteiger partial charge in [-0.25, -0.2) is 23.0 Å². The molecule has 2 radical (unpaired) electrons. The van der Waals surface area contributed by atoms with Gasteiger partial charge in [0.05, 0.1) is 0 Å². The normalized spacial score (nSPS) is 15.0. The first-order chi connectivity index (χ1) is 10.3. The molecule has 0 N–H and O–H groups in total. The molecule has 112 valence electrons. The largest absolute Gasteiger partial charge is 2.00 e. The molecule has 22 heavy (non-hydrogen) atoms. The van der Waals surface area contributed by atoms with Crippen LogP contribution in [0.3, 0.4) is 0 Å². The minimum Gasteiger partial charge on any atom is -0.872 e. The Balaban J connectivity index is 0.000000344. The zero-order valence-electron chi connectivity index (χ0n) is 11.8. The molecule has 1 nitrogen and oxygen atoms in total. The van der Waals surface area contributed by atoms with E-state index in [1.54, 1.807) is 6.08 Å². The van der Waals surface area contributed by atoms with Crippen molar-refractivity contribution in [1.29, 1.82) is 0 Å². The van der Waals surface area contributed by atoms with Crippen LogP contribution < -0.4 is 5.11 Å². The van der Waals surface area contributed by atoms with Crippen LogP contribution in [-0.4, -0.2) is 0 Å². The van der Waals surface area contributed by atoms with E-state index in [2.05, 4.69) is 0 Å². The van der Waals surface area contributed by atoms with Gasteiger partial charge in [0.1, 0.15) is 5.82 Å². The van der Waals surface area contributed by atoms with Crippen molar-refractivity contribution in [3.8, 4) is 0 Å². The van der Waals surface area contributed by atoms with Crippen LogP contribution in [0.5, 0.6) is 0 Å². The van der Waals surface area contributed by atoms with Crippen molar-refractivity contribution in [2.24, 2.45) is 0 Å². The number of rotatable bonds is 2. The van der Waals surface area contributed by atoms with Crippen molar-refractivity contribution in [2.75, 3.05) is 0 Å². The van der Waals surface area contributed by atoms with Crippen LogP contribution in [0.4, 0.5) is 4.39 Å². The molecule has 0 spiro atoms. The minimum atomic E-state index is -0.337. The second kappa shape index (κ2) is 9.88. The van der Waals surface area contributed by atoms with Gasteiger partial charge in [-0.05, 0) is 23.3 Å². The molecule has 2 aliphatic carbocycles. The summed E-state index contributed by atoms with van der Waals surface area (Å²) in [6.45, 7) is 0. The summed E-state index contributed by atoms with van der Waals surface area (Å²) in [6, 6.07) is 5.52. The molecule has 0 atom stereocenters. The fraction of sp³-hybridized carbons (Fsp3) is 0. The Morgan fingerprint density at radius 1 is 1.05 bits per heavy atom. The quantitative estimate of drug-likeness (QED) is 0.459. The summed E-state index contributed by atoms with van der Waals surface area (Å²) in [4.78, 5) is 0. The molecular weight excluding hydrogens is 319 g/mol. The SMILES string of the molecule is [CH]1[CH][CH-]C=C1.[Fe+2].[O-]/C(=C\C=C1C=CC=C1)c1ccc(F)cc1.